The van der Waals surface area contributed by atoms with Gasteiger partial charge in [-0.1, -0.05) is 6.92 Å². The molecule has 1 fully saturated rings. The van der Waals surface area contributed by atoms with Crippen molar-refractivity contribution in [2.45, 2.75) is 32.7 Å². The highest BCUT2D eigenvalue weighted by Gasteiger charge is 2.45. The minimum atomic E-state index is 0.0371. The molecule has 1 heterocycles. The molecule has 22 heavy (non-hydrogen) atoms. The molecule has 1 aliphatic rings. The van der Waals surface area contributed by atoms with Gasteiger partial charge in [-0.2, -0.15) is 0 Å². The first-order valence-corrected chi connectivity index (χ1v) is 7.75. The van der Waals surface area contributed by atoms with Crippen molar-refractivity contribution in [1.82, 2.24) is 15.1 Å². The van der Waals surface area contributed by atoms with Gasteiger partial charge in [0.05, 0.1) is 0 Å². The molecule has 1 aromatic heterocycles. The van der Waals surface area contributed by atoms with Crippen LogP contribution in [-0.2, 0) is 0 Å². The van der Waals surface area contributed by atoms with Crippen LogP contribution in [0.25, 0.3) is 11.5 Å². The fourth-order valence-corrected chi connectivity index (χ4v) is 2.70. The first-order valence-electron chi connectivity index (χ1n) is 7.34. The van der Waals surface area contributed by atoms with E-state index in [0.29, 0.717) is 11.5 Å². The van der Waals surface area contributed by atoms with Gasteiger partial charge in [-0.25, -0.2) is 5.10 Å². The maximum atomic E-state index is 12.6. The third kappa shape index (κ3) is 2.70. The Morgan fingerprint density at radius 2 is 2.05 bits per heavy atom. The average molecular weight is 317 g/mol. The van der Waals surface area contributed by atoms with Gasteiger partial charge in [-0.3, -0.25) is 4.79 Å². The van der Waals surface area contributed by atoms with Crippen molar-refractivity contribution in [2.75, 3.05) is 7.05 Å². The van der Waals surface area contributed by atoms with E-state index in [1.807, 2.05) is 24.1 Å². The van der Waals surface area contributed by atoms with Crippen LogP contribution in [0.15, 0.2) is 28.7 Å². The van der Waals surface area contributed by atoms with E-state index >= 15 is 0 Å². The molecule has 0 spiro atoms. The maximum Gasteiger partial charge on any atom is 0.284 e. The number of nitrogens with one attached hydrogen (secondary N) is 1. The molecule has 1 aromatic carbocycles. The summed E-state index contributed by atoms with van der Waals surface area (Å²) in [5.41, 5.74) is 1.73. The number of carbonyl (C=O) groups is 1. The van der Waals surface area contributed by atoms with Gasteiger partial charge in [0.25, 0.3) is 10.7 Å². The third-order valence-corrected chi connectivity index (χ3v) is 4.94. The molecule has 2 aromatic rings. The molecule has 0 bridgehead atoms. The molecule has 1 saturated carbocycles. The largest absolute Gasteiger partial charge is 0.409 e. The Kier molecular flexibility index (Phi) is 3.64. The van der Waals surface area contributed by atoms with Crippen LogP contribution >= 0.6 is 12.2 Å². The monoisotopic (exact) mass is 317 g/mol. The molecule has 116 valence electrons. The lowest BCUT2D eigenvalue weighted by atomic mass is 9.98. The Morgan fingerprint density at radius 3 is 2.55 bits per heavy atom. The normalized spacial score (nSPS) is 17.0. The van der Waals surface area contributed by atoms with E-state index in [1.165, 1.54) is 12.8 Å². The molecule has 1 aliphatic carbocycles. The Balaban J connectivity index is 1.77. The predicted molar refractivity (Wildman–Crippen MR) is 86.0 cm³/mol. The summed E-state index contributed by atoms with van der Waals surface area (Å²) in [7, 11) is 1.87. The van der Waals surface area contributed by atoms with Crippen LogP contribution in [0.5, 0.6) is 0 Å². The van der Waals surface area contributed by atoms with Crippen molar-refractivity contribution in [3.63, 3.8) is 0 Å². The number of aromatic nitrogens is 2. The summed E-state index contributed by atoms with van der Waals surface area (Å²) in [5, 5.41) is 6.56. The summed E-state index contributed by atoms with van der Waals surface area (Å²) in [6, 6.07) is 7.47. The van der Waals surface area contributed by atoms with Crippen molar-refractivity contribution >= 4 is 18.1 Å². The fourth-order valence-electron chi connectivity index (χ4n) is 2.57. The first kappa shape index (κ1) is 15.0. The number of rotatable bonds is 4. The minimum absolute atomic E-state index is 0.0371. The molecule has 0 aliphatic heterocycles. The van der Waals surface area contributed by atoms with E-state index in [1.54, 1.807) is 12.1 Å². The van der Waals surface area contributed by atoms with Crippen molar-refractivity contribution in [3.05, 3.63) is 34.7 Å². The number of nitrogens with zero attached hydrogens (tertiary/aromatic N) is 2. The Morgan fingerprint density at radius 1 is 1.41 bits per heavy atom. The summed E-state index contributed by atoms with van der Waals surface area (Å²) in [5.74, 6) is 0.464. The predicted octanol–water partition coefficient (Wildman–Crippen LogP) is 3.66. The van der Waals surface area contributed by atoms with Crippen LogP contribution in [0.4, 0.5) is 0 Å². The summed E-state index contributed by atoms with van der Waals surface area (Å²) in [6.45, 7) is 4.35. The van der Waals surface area contributed by atoms with Crippen LogP contribution in [0.3, 0.4) is 0 Å². The highest BCUT2D eigenvalue weighted by atomic mass is 32.1. The van der Waals surface area contributed by atoms with Gasteiger partial charge in [0, 0.05) is 24.2 Å². The summed E-state index contributed by atoms with van der Waals surface area (Å²) >= 11 is 4.86. The lowest BCUT2D eigenvalue weighted by molar-refractivity contribution is 0.0684. The van der Waals surface area contributed by atoms with Gasteiger partial charge in [0.2, 0.25) is 5.89 Å². The molecule has 0 radical (unpaired) electrons. The Labute approximate surface area is 134 Å². The van der Waals surface area contributed by atoms with E-state index in [9.17, 15) is 4.79 Å². The van der Waals surface area contributed by atoms with E-state index in [2.05, 4.69) is 24.0 Å². The highest BCUT2D eigenvalue weighted by molar-refractivity contribution is 7.71. The number of hydrogen-bond donors (Lipinski definition) is 1. The Bertz CT molecular complexity index is 743. The summed E-state index contributed by atoms with van der Waals surface area (Å²) < 4.78 is 5.26. The molecule has 1 amide bonds. The number of H-pyrrole nitrogens is 1. The van der Waals surface area contributed by atoms with Crippen LogP contribution in [0.1, 0.15) is 37.0 Å². The molecule has 0 saturated heterocycles. The maximum absolute atomic E-state index is 12.6. The van der Waals surface area contributed by atoms with Gasteiger partial charge in [-0.15, -0.1) is 5.10 Å². The second-order valence-electron chi connectivity index (χ2n) is 6.24. The molecule has 5 nitrogen and oxygen atoms in total. The number of carbonyl (C=O) groups excluding carboxylic acids is 1. The van der Waals surface area contributed by atoms with Crippen molar-refractivity contribution in [1.29, 1.82) is 0 Å². The second kappa shape index (κ2) is 5.35. The van der Waals surface area contributed by atoms with Gasteiger partial charge in [0.15, 0.2) is 0 Å². The minimum Gasteiger partial charge on any atom is -0.409 e. The number of hydrogen-bond acceptors (Lipinski definition) is 4. The lowest BCUT2D eigenvalue weighted by Gasteiger charge is -2.30. The highest BCUT2D eigenvalue weighted by Crippen LogP contribution is 2.49. The van der Waals surface area contributed by atoms with Crippen LogP contribution in [0.2, 0.25) is 0 Å². The van der Waals surface area contributed by atoms with Crippen molar-refractivity contribution < 1.29 is 9.21 Å². The average Bonchev–Trinajstić information content (AvgIpc) is 3.13. The molecule has 6 heteroatoms. The molecule has 1 N–H and O–H groups in total. The molecule has 1 atom stereocenters. The fraction of sp³-hybridized carbons (Fsp3) is 0.438. The topological polar surface area (TPSA) is 62.1 Å². The quantitative estimate of drug-likeness (QED) is 0.874. The molecular weight excluding hydrogens is 298 g/mol. The zero-order chi connectivity index (χ0) is 15.9. The molecular formula is C16H19N3O2S. The molecule has 3 rings (SSSR count). The van der Waals surface area contributed by atoms with Gasteiger partial charge >= 0.3 is 0 Å². The van der Waals surface area contributed by atoms with E-state index < -0.39 is 0 Å². The lowest BCUT2D eigenvalue weighted by Crippen LogP contribution is -2.39. The summed E-state index contributed by atoms with van der Waals surface area (Å²) in [6.07, 6.45) is 2.38. The van der Waals surface area contributed by atoms with Crippen LogP contribution in [-0.4, -0.2) is 34.1 Å². The molecule has 0 unspecified atom stereocenters. The number of amides is 1. The van der Waals surface area contributed by atoms with Gasteiger partial charge in [-0.05, 0) is 61.7 Å². The first-order chi connectivity index (χ1) is 10.4. The second-order valence-corrected chi connectivity index (χ2v) is 6.61. The standard InChI is InChI=1S/C16H19N3O2S/c1-10(16(2)8-9-16)19(3)14(20)12-6-4-11(5-7-12)13-17-18-15(22)21-13/h4-7,10H,8-9H2,1-3H3,(H,18,22)/t10-/m0/s1. The van der Waals surface area contributed by atoms with Crippen molar-refractivity contribution in [2.24, 2.45) is 5.41 Å². The SMILES string of the molecule is C[C@H](N(C)C(=O)c1ccc(-c2n[nH]c(=S)o2)cc1)C1(C)CC1. The summed E-state index contributed by atoms with van der Waals surface area (Å²) in [4.78, 5) is 14.6. The Hall–Kier alpha value is -1.95. The smallest absolute Gasteiger partial charge is 0.284 e. The van der Waals surface area contributed by atoms with E-state index in [4.69, 9.17) is 16.6 Å². The van der Waals surface area contributed by atoms with E-state index in [0.717, 1.165) is 5.56 Å². The third-order valence-electron chi connectivity index (χ3n) is 4.77. The zero-order valence-corrected chi connectivity index (χ0v) is 13.7. The van der Waals surface area contributed by atoms with Gasteiger partial charge in [0.1, 0.15) is 0 Å². The van der Waals surface area contributed by atoms with E-state index in [-0.39, 0.29) is 22.2 Å². The number of benzene rings is 1. The number of aromatic amines is 1. The van der Waals surface area contributed by atoms with Crippen molar-refractivity contribution in [3.8, 4) is 11.5 Å². The van der Waals surface area contributed by atoms with Crippen LogP contribution < -0.4 is 0 Å². The zero-order valence-electron chi connectivity index (χ0n) is 12.9. The van der Waals surface area contributed by atoms with Crippen LogP contribution in [0, 0.1) is 10.3 Å². The van der Waals surface area contributed by atoms with Gasteiger partial charge < -0.3 is 9.32 Å².